The zero-order valence-electron chi connectivity index (χ0n) is 9.84. The van der Waals surface area contributed by atoms with Crippen molar-refractivity contribution in [3.8, 4) is 0 Å². The fourth-order valence-corrected chi connectivity index (χ4v) is 2.35. The molecule has 0 aromatic heterocycles. The zero-order chi connectivity index (χ0) is 14.0. The van der Waals surface area contributed by atoms with Crippen LogP contribution in [0.3, 0.4) is 0 Å². The minimum Gasteiger partial charge on any atom is -0.324 e. The molecule has 0 aliphatic heterocycles. The molecule has 0 fully saturated rings. The molecular formula is C14H11BrF3N. The first-order valence-electron chi connectivity index (χ1n) is 5.62. The highest BCUT2D eigenvalue weighted by Crippen LogP contribution is 2.25. The fraction of sp³-hybridized carbons (Fsp3) is 0.143. The smallest absolute Gasteiger partial charge is 0.128 e. The fourth-order valence-electron chi connectivity index (χ4n) is 1.83. The average molecular weight is 330 g/mol. The highest BCUT2D eigenvalue weighted by atomic mass is 79.9. The molecule has 1 nitrogen and oxygen atoms in total. The van der Waals surface area contributed by atoms with Gasteiger partial charge in [-0.25, -0.2) is 13.2 Å². The van der Waals surface area contributed by atoms with Crippen molar-refractivity contribution in [2.45, 2.75) is 12.5 Å². The highest BCUT2D eigenvalue weighted by Gasteiger charge is 2.14. The molecule has 100 valence electrons. The number of hydrogen-bond acceptors (Lipinski definition) is 1. The zero-order valence-corrected chi connectivity index (χ0v) is 11.4. The van der Waals surface area contributed by atoms with E-state index in [0.717, 1.165) is 23.8 Å². The van der Waals surface area contributed by atoms with Gasteiger partial charge in [0.2, 0.25) is 0 Å². The number of benzene rings is 2. The molecule has 0 aliphatic carbocycles. The Hall–Kier alpha value is -1.33. The number of rotatable bonds is 3. The summed E-state index contributed by atoms with van der Waals surface area (Å²) in [5, 5.41) is 0. The summed E-state index contributed by atoms with van der Waals surface area (Å²) in [6.07, 6.45) is 0.279. The monoisotopic (exact) mass is 329 g/mol. The van der Waals surface area contributed by atoms with Crippen molar-refractivity contribution in [2.24, 2.45) is 5.73 Å². The van der Waals surface area contributed by atoms with E-state index >= 15 is 0 Å². The van der Waals surface area contributed by atoms with Crippen molar-refractivity contribution in [2.75, 3.05) is 0 Å². The predicted octanol–water partition coefficient (Wildman–Crippen LogP) is 4.11. The molecule has 0 spiro atoms. The molecule has 0 bridgehead atoms. The largest absolute Gasteiger partial charge is 0.324 e. The molecule has 0 aliphatic rings. The van der Waals surface area contributed by atoms with E-state index in [0.29, 0.717) is 4.47 Å². The van der Waals surface area contributed by atoms with Gasteiger partial charge in [0.15, 0.2) is 0 Å². The van der Waals surface area contributed by atoms with Gasteiger partial charge in [0.1, 0.15) is 17.5 Å². The van der Waals surface area contributed by atoms with Crippen LogP contribution in [0.25, 0.3) is 0 Å². The summed E-state index contributed by atoms with van der Waals surface area (Å²) in [7, 11) is 0. The standard InChI is InChI=1S/C14H11BrF3N/c15-12-7-10(17)2-1-8(12)5-14(19)11-6-9(16)3-4-13(11)18/h1-4,6-7,14H,5,19H2. The molecule has 19 heavy (non-hydrogen) atoms. The first-order valence-corrected chi connectivity index (χ1v) is 6.41. The minimum atomic E-state index is -0.697. The molecule has 5 heteroatoms. The maximum atomic E-state index is 13.6. The van der Waals surface area contributed by atoms with Crippen molar-refractivity contribution in [3.05, 3.63) is 69.4 Å². The Morgan fingerprint density at radius 2 is 1.63 bits per heavy atom. The van der Waals surface area contributed by atoms with Crippen LogP contribution in [0.1, 0.15) is 17.2 Å². The van der Waals surface area contributed by atoms with E-state index in [1.807, 2.05) is 0 Å². The van der Waals surface area contributed by atoms with Crippen LogP contribution in [0, 0.1) is 17.5 Å². The quantitative estimate of drug-likeness (QED) is 0.901. The molecule has 2 N–H and O–H groups in total. The lowest BCUT2D eigenvalue weighted by Crippen LogP contribution is -2.15. The lowest BCUT2D eigenvalue weighted by molar-refractivity contribution is 0.560. The molecule has 0 saturated heterocycles. The first-order chi connectivity index (χ1) is 8.97. The average Bonchev–Trinajstić information content (AvgIpc) is 2.35. The molecule has 0 amide bonds. The topological polar surface area (TPSA) is 26.0 Å². The van der Waals surface area contributed by atoms with E-state index in [2.05, 4.69) is 15.9 Å². The van der Waals surface area contributed by atoms with Gasteiger partial charge in [-0.05, 0) is 42.3 Å². The Kier molecular flexibility index (Phi) is 4.27. The normalized spacial score (nSPS) is 12.5. The molecule has 2 aromatic rings. The van der Waals surface area contributed by atoms with Gasteiger partial charge < -0.3 is 5.73 Å². The third-order valence-corrected chi connectivity index (χ3v) is 3.55. The number of hydrogen-bond donors (Lipinski definition) is 1. The van der Waals surface area contributed by atoms with Crippen molar-refractivity contribution in [1.82, 2.24) is 0 Å². The van der Waals surface area contributed by atoms with Gasteiger partial charge in [-0.3, -0.25) is 0 Å². The summed E-state index contributed by atoms with van der Waals surface area (Å²) in [5.74, 6) is -1.46. The Labute approximate surface area is 117 Å². The molecule has 0 heterocycles. The second kappa shape index (κ2) is 5.75. The second-order valence-electron chi connectivity index (χ2n) is 4.21. The molecule has 1 atom stereocenters. The lowest BCUT2D eigenvalue weighted by atomic mass is 9.99. The van der Waals surface area contributed by atoms with Crippen LogP contribution in [-0.4, -0.2) is 0 Å². The third-order valence-electron chi connectivity index (χ3n) is 2.81. The van der Waals surface area contributed by atoms with Crippen LogP contribution in [0.15, 0.2) is 40.9 Å². The SMILES string of the molecule is NC(Cc1ccc(F)cc1Br)c1cc(F)ccc1F. The van der Waals surface area contributed by atoms with Crippen LogP contribution < -0.4 is 5.73 Å². The van der Waals surface area contributed by atoms with Gasteiger partial charge in [0.25, 0.3) is 0 Å². The van der Waals surface area contributed by atoms with E-state index in [1.165, 1.54) is 12.1 Å². The van der Waals surface area contributed by atoms with Crippen molar-refractivity contribution in [1.29, 1.82) is 0 Å². The summed E-state index contributed by atoms with van der Waals surface area (Å²) < 4.78 is 40.2. The second-order valence-corrected chi connectivity index (χ2v) is 5.07. The van der Waals surface area contributed by atoms with Crippen LogP contribution in [0.2, 0.25) is 0 Å². The lowest BCUT2D eigenvalue weighted by Gasteiger charge is -2.14. The summed E-state index contributed by atoms with van der Waals surface area (Å²) in [4.78, 5) is 0. The molecule has 2 aromatic carbocycles. The highest BCUT2D eigenvalue weighted by molar-refractivity contribution is 9.10. The third kappa shape index (κ3) is 3.36. The number of halogens is 4. The first kappa shape index (κ1) is 14.1. The summed E-state index contributed by atoms with van der Waals surface area (Å²) in [6.45, 7) is 0. The van der Waals surface area contributed by atoms with Gasteiger partial charge in [0.05, 0.1) is 0 Å². The van der Waals surface area contributed by atoms with Crippen molar-refractivity contribution < 1.29 is 13.2 Å². The Morgan fingerprint density at radius 1 is 1.00 bits per heavy atom. The van der Waals surface area contributed by atoms with Gasteiger partial charge in [0, 0.05) is 16.1 Å². The maximum absolute atomic E-state index is 13.6. The van der Waals surface area contributed by atoms with Crippen LogP contribution in [0.5, 0.6) is 0 Å². The van der Waals surface area contributed by atoms with E-state index < -0.39 is 17.7 Å². The molecular weight excluding hydrogens is 319 g/mol. The van der Waals surface area contributed by atoms with Gasteiger partial charge in [-0.1, -0.05) is 22.0 Å². The summed E-state index contributed by atoms with van der Waals surface area (Å²) >= 11 is 3.22. The van der Waals surface area contributed by atoms with E-state index in [1.54, 1.807) is 6.07 Å². The summed E-state index contributed by atoms with van der Waals surface area (Å²) in [6, 6.07) is 6.65. The van der Waals surface area contributed by atoms with Gasteiger partial charge in [-0.15, -0.1) is 0 Å². The van der Waals surface area contributed by atoms with Gasteiger partial charge in [-0.2, -0.15) is 0 Å². The number of nitrogens with two attached hydrogens (primary N) is 1. The van der Waals surface area contributed by atoms with Crippen LogP contribution >= 0.6 is 15.9 Å². The van der Waals surface area contributed by atoms with Crippen molar-refractivity contribution in [3.63, 3.8) is 0 Å². The van der Waals surface area contributed by atoms with Crippen LogP contribution in [0.4, 0.5) is 13.2 Å². The Bertz CT molecular complexity index is 601. The maximum Gasteiger partial charge on any atom is 0.128 e. The molecule has 0 radical (unpaired) electrons. The van der Waals surface area contributed by atoms with Crippen molar-refractivity contribution >= 4 is 15.9 Å². The minimum absolute atomic E-state index is 0.108. The van der Waals surface area contributed by atoms with E-state index in [4.69, 9.17) is 5.73 Å². The van der Waals surface area contributed by atoms with Crippen LogP contribution in [-0.2, 0) is 6.42 Å². The Morgan fingerprint density at radius 3 is 2.32 bits per heavy atom. The van der Waals surface area contributed by atoms with E-state index in [9.17, 15) is 13.2 Å². The predicted molar refractivity (Wildman–Crippen MR) is 71.1 cm³/mol. The molecule has 0 saturated carbocycles. The molecule has 2 rings (SSSR count). The Balaban J connectivity index is 2.25. The van der Waals surface area contributed by atoms with Gasteiger partial charge >= 0.3 is 0 Å². The summed E-state index contributed by atoms with van der Waals surface area (Å²) in [5.41, 5.74) is 6.72. The molecule has 1 unspecified atom stereocenters. The van der Waals surface area contributed by atoms with E-state index in [-0.39, 0.29) is 17.8 Å².